The van der Waals surface area contributed by atoms with Gasteiger partial charge < -0.3 is 13.8 Å². The Labute approximate surface area is 148 Å². The summed E-state index contributed by atoms with van der Waals surface area (Å²) in [5.41, 5.74) is 0.603. The Bertz CT molecular complexity index is 470. The molecule has 2 nitrogen and oxygen atoms in total. The molecule has 90 valence electrons. The molecule has 0 aromatic heterocycles. The third-order valence-electron chi connectivity index (χ3n) is 2.44. The smallest absolute Gasteiger partial charge is 0.355 e. The number of sulfone groups is 1. The molecule has 0 atom stereocenters. The molecule has 1 aromatic carbocycles. The minimum atomic E-state index is -3.41. The molecule has 0 spiro atoms. The molecule has 0 unspecified atom stereocenters. The molecule has 0 heterocycles. The van der Waals surface area contributed by atoms with Gasteiger partial charge in [-0.1, -0.05) is 39.0 Å². The molecular weight excluding hydrogens is 259 g/mol. The van der Waals surface area contributed by atoms with Crippen LogP contribution in [0.15, 0.2) is 29.2 Å². The first-order chi connectivity index (χ1) is 7.17. The van der Waals surface area contributed by atoms with E-state index in [1.165, 1.54) is 0 Å². The number of benzene rings is 1. The van der Waals surface area contributed by atoms with Gasteiger partial charge in [0.05, 0.1) is 4.90 Å². The molecule has 0 aliphatic carbocycles. The Morgan fingerprint density at radius 3 is 2.00 bits per heavy atom. The molecule has 0 aliphatic rings. The van der Waals surface area contributed by atoms with E-state index in [0.717, 1.165) is 5.56 Å². The third-order valence-corrected chi connectivity index (χ3v) is 4.29. The molecule has 0 N–H and O–H groups in total. The summed E-state index contributed by atoms with van der Waals surface area (Å²) in [7, 11) is -3.41. The zero-order valence-corrected chi connectivity index (χ0v) is 15.0. The van der Waals surface area contributed by atoms with Crippen molar-refractivity contribution >= 4 is 9.84 Å². The van der Waals surface area contributed by atoms with Crippen molar-refractivity contribution in [1.29, 1.82) is 0 Å². The van der Waals surface area contributed by atoms with E-state index in [9.17, 15) is 8.42 Å². The van der Waals surface area contributed by atoms with E-state index >= 15 is 0 Å². The molecule has 17 heavy (non-hydrogen) atoms. The van der Waals surface area contributed by atoms with Crippen molar-refractivity contribution < 1.29 is 59.8 Å². The quantitative estimate of drug-likeness (QED) is 0.554. The van der Waals surface area contributed by atoms with Crippen molar-refractivity contribution in [3.05, 3.63) is 43.7 Å². The summed E-state index contributed by atoms with van der Waals surface area (Å²) in [4.78, 5) is 0.345. The van der Waals surface area contributed by atoms with Crippen LogP contribution >= 0.6 is 0 Å². The van der Waals surface area contributed by atoms with E-state index in [1.54, 1.807) is 12.1 Å². The summed E-state index contributed by atoms with van der Waals surface area (Å²) >= 11 is 0. The molecule has 1 rings (SSSR count). The number of hydrogen-bond acceptors (Lipinski definition) is 2. The molecule has 1 aromatic rings. The van der Waals surface area contributed by atoms with Gasteiger partial charge in [-0.2, -0.15) is 5.25 Å². The monoisotopic (exact) mass is 277 g/mol. The zero-order chi connectivity index (χ0) is 12.6. The van der Waals surface area contributed by atoms with Crippen LogP contribution in [0.5, 0.6) is 0 Å². The van der Waals surface area contributed by atoms with Crippen LogP contribution in [0.4, 0.5) is 0 Å². The molecule has 0 bridgehead atoms. The van der Waals surface area contributed by atoms with Gasteiger partial charge in [0, 0.05) is 0 Å². The first-order valence-electron chi connectivity index (χ1n) is 5.17. The topological polar surface area (TPSA) is 34.1 Å². The fraction of sp³-hybridized carbons (Fsp3) is 0.385. The molecule has 0 fully saturated rings. The average molecular weight is 277 g/mol. The zero-order valence-electron chi connectivity index (χ0n) is 11.0. The van der Waals surface area contributed by atoms with Crippen molar-refractivity contribution in [3.8, 4) is 0 Å². The second-order valence-corrected chi connectivity index (χ2v) is 7.11. The maximum Gasteiger partial charge on any atom is 1.00 e. The van der Waals surface area contributed by atoms with Crippen LogP contribution in [0, 0.1) is 13.8 Å². The molecule has 0 aliphatic heterocycles. The normalized spacial score (nSPS) is 12.4. The Hall–Kier alpha value is 0.806. The standard InChI is InChI=1S/C13H18O2S.K/c1-10(2)16(14,15)12-9-7-6-8-11(12)13(3,4)5;/h6-10H,1-2H2,3-5H3;/q-2;+1. The summed E-state index contributed by atoms with van der Waals surface area (Å²) in [5.74, 6) is 0. The van der Waals surface area contributed by atoms with E-state index in [2.05, 4.69) is 13.8 Å². The van der Waals surface area contributed by atoms with E-state index in [1.807, 2.05) is 32.9 Å². The van der Waals surface area contributed by atoms with E-state index in [0.29, 0.717) is 4.90 Å². The molecule has 0 radical (unpaired) electrons. The Balaban J connectivity index is 0.00000256. The number of rotatable bonds is 2. The predicted molar refractivity (Wildman–Crippen MR) is 66.8 cm³/mol. The first-order valence-corrected chi connectivity index (χ1v) is 6.71. The predicted octanol–water partition coefficient (Wildman–Crippen LogP) is -0.201. The molecule has 0 saturated heterocycles. The van der Waals surface area contributed by atoms with Gasteiger partial charge in [-0.25, -0.2) is 8.42 Å². The van der Waals surface area contributed by atoms with Crippen molar-refractivity contribution in [3.63, 3.8) is 0 Å². The molecular formula is C13H18KO2S-. The van der Waals surface area contributed by atoms with Crippen molar-refractivity contribution in [2.45, 2.75) is 36.3 Å². The van der Waals surface area contributed by atoms with Crippen molar-refractivity contribution in [2.75, 3.05) is 0 Å². The van der Waals surface area contributed by atoms with Gasteiger partial charge >= 0.3 is 51.4 Å². The average Bonchev–Trinajstić information content (AvgIpc) is 2.16. The van der Waals surface area contributed by atoms with Crippen LogP contribution in [0.2, 0.25) is 0 Å². The van der Waals surface area contributed by atoms with Gasteiger partial charge in [-0.05, 0) is 17.0 Å². The van der Waals surface area contributed by atoms with E-state index in [4.69, 9.17) is 0 Å². The molecule has 0 amide bonds. The minimum Gasteiger partial charge on any atom is -0.355 e. The molecule has 0 saturated carbocycles. The van der Waals surface area contributed by atoms with Gasteiger partial charge in [0.25, 0.3) is 0 Å². The fourth-order valence-corrected chi connectivity index (χ4v) is 2.82. The third kappa shape index (κ3) is 4.15. The molecule has 4 heteroatoms. The van der Waals surface area contributed by atoms with Gasteiger partial charge in [0.1, 0.15) is 9.84 Å². The van der Waals surface area contributed by atoms with Gasteiger partial charge in [0.2, 0.25) is 0 Å². The van der Waals surface area contributed by atoms with E-state index in [-0.39, 0.29) is 56.8 Å². The van der Waals surface area contributed by atoms with Crippen LogP contribution < -0.4 is 51.4 Å². The Morgan fingerprint density at radius 1 is 1.12 bits per heavy atom. The summed E-state index contributed by atoms with van der Waals surface area (Å²) in [5, 5.41) is -0.879. The van der Waals surface area contributed by atoms with Crippen LogP contribution in [0.3, 0.4) is 0 Å². The maximum atomic E-state index is 12.1. The summed E-state index contributed by atoms with van der Waals surface area (Å²) in [6.45, 7) is 13.0. The van der Waals surface area contributed by atoms with Gasteiger partial charge in [-0.3, -0.25) is 0 Å². The first kappa shape index (κ1) is 17.8. The SMILES string of the molecule is [CH2-]C([CH2-])S(=O)(=O)c1ccccc1C(C)(C)C.[K+]. The van der Waals surface area contributed by atoms with Crippen molar-refractivity contribution in [2.24, 2.45) is 0 Å². The maximum absolute atomic E-state index is 12.1. The largest absolute Gasteiger partial charge is 1.00 e. The minimum absolute atomic E-state index is 0. The summed E-state index contributed by atoms with van der Waals surface area (Å²) in [6, 6.07) is 7.04. The van der Waals surface area contributed by atoms with Crippen LogP contribution in [-0.2, 0) is 15.3 Å². The van der Waals surface area contributed by atoms with Crippen LogP contribution in [0.1, 0.15) is 26.3 Å². The summed E-state index contributed by atoms with van der Waals surface area (Å²) < 4.78 is 24.1. The van der Waals surface area contributed by atoms with Crippen LogP contribution in [-0.4, -0.2) is 13.7 Å². The van der Waals surface area contributed by atoms with Crippen LogP contribution in [0.25, 0.3) is 0 Å². The Morgan fingerprint density at radius 2 is 1.59 bits per heavy atom. The van der Waals surface area contributed by atoms with Gasteiger partial charge in [-0.15, -0.1) is 0 Å². The number of hydrogen-bond donors (Lipinski definition) is 0. The van der Waals surface area contributed by atoms with Gasteiger partial charge in [0.15, 0.2) is 0 Å². The van der Waals surface area contributed by atoms with E-state index < -0.39 is 15.1 Å². The van der Waals surface area contributed by atoms with Crippen molar-refractivity contribution in [1.82, 2.24) is 0 Å². The second-order valence-electron chi connectivity index (χ2n) is 4.91. The Kier molecular flexibility index (Phi) is 6.60. The summed E-state index contributed by atoms with van der Waals surface area (Å²) in [6.07, 6.45) is 0. The fourth-order valence-electron chi connectivity index (χ4n) is 1.51. The second kappa shape index (κ2) is 6.30.